The molecule has 0 saturated carbocycles. The molecule has 0 bridgehead atoms. The van der Waals surface area contributed by atoms with Crippen LogP contribution in [0.15, 0.2) is 24.3 Å². The highest BCUT2D eigenvalue weighted by molar-refractivity contribution is 7.99. The molecule has 0 spiro atoms. The fourth-order valence-corrected chi connectivity index (χ4v) is 4.57. The first-order chi connectivity index (χ1) is 12.7. The summed E-state index contributed by atoms with van der Waals surface area (Å²) in [6, 6.07) is 5.97. The quantitative estimate of drug-likeness (QED) is 0.788. The van der Waals surface area contributed by atoms with E-state index in [0.717, 1.165) is 5.56 Å². The monoisotopic (exact) mass is 404 g/mol. The topological polar surface area (TPSA) is 53.0 Å². The Morgan fingerprint density at radius 3 is 2.78 bits per heavy atom. The van der Waals surface area contributed by atoms with Crippen molar-refractivity contribution in [2.75, 3.05) is 44.8 Å². The van der Waals surface area contributed by atoms with Crippen LogP contribution in [0.4, 0.5) is 13.2 Å². The fraction of sp³-hybridized carbons (Fsp3) is 0.611. The number of carbonyl (C=O) groups excluding carboxylic acids is 1. The van der Waals surface area contributed by atoms with Gasteiger partial charge in [0.15, 0.2) is 0 Å². The van der Waals surface area contributed by atoms with Crippen molar-refractivity contribution in [2.45, 2.75) is 12.9 Å². The minimum Gasteiger partial charge on any atom is -0.406 e. The van der Waals surface area contributed by atoms with Gasteiger partial charge in [-0.25, -0.2) is 0 Å². The Morgan fingerprint density at radius 2 is 2.15 bits per heavy atom. The van der Waals surface area contributed by atoms with E-state index in [2.05, 4.69) is 9.64 Å². The average Bonchev–Trinajstić information content (AvgIpc) is 3.08. The van der Waals surface area contributed by atoms with Gasteiger partial charge in [0.05, 0.1) is 12.4 Å². The third-order valence-electron chi connectivity index (χ3n) is 5.30. The summed E-state index contributed by atoms with van der Waals surface area (Å²) in [5.41, 5.74) is 0.369. The van der Waals surface area contributed by atoms with E-state index in [1.807, 2.05) is 11.2 Å². The predicted octanol–water partition coefficient (Wildman–Crippen LogP) is 2.20. The zero-order valence-electron chi connectivity index (χ0n) is 15.0. The number of rotatable bonds is 6. The summed E-state index contributed by atoms with van der Waals surface area (Å²) in [4.78, 5) is 16.1. The smallest absolute Gasteiger partial charge is 0.406 e. The van der Waals surface area contributed by atoms with E-state index in [1.165, 1.54) is 30.0 Å². The molecule has 2 unspecified atom stereocenters. The maximum absolute atomic E-state index is 12.4. The van der Waals surface area contributed by atoms with Crippen molar-refractivity contribution in [1.29, 1.82) is 0 Å². The van der Waals surface area contributed by atoms with Gasteiger partial charge in [0.2, 0.25) is 5.91 Å². The molecule has 1 amide bonds. The van der Waals surface area contributed by atoms with E-state index in [0.29, 0.717) is 38.5 Å². The van der Waals surface area contributed by atoms with Crippen LogP contribution in [0.2, 0.25) is 0 Å². The van der Waals surface area contributed by atoms with Gasteiger partial charge >= 0.3 is 6.36 Å². The molecule has 27 heavy (non-hydrogen) atoms. The number of hydrogen-bond donors (Lipinski definition) is 1. The molecule has 2 aliphatic heterocycles. The van der Waals surface area contributed by atoms with E-state index < -0.39 is 6.36 Å². The van der Waals surface area contributed by atoms with Gasteiger partial charge in [0.25, 0.3) is 0 Å². The summed E-state index contributed by atoms with van der Waals surface area (Å²) in [5, 5.41) is 10.00. The summed E-state index contributed by atoms with van der Waals surface area (Å²) >= 11 is 1.48. The minimum atomic E-state index is -4.71. The molecular weight excluding hydrogens is 381 g/mol. The zero-order chi connectivity index (χ0) is 19.7. The molecular formula is C18H23F3N2O3S. The van der Waals surface area contributed by atoms with Gasteiger partial charge in [-0.3, -0.25) is 9.69 Å². The minimum absolute atomic E-state index is 0.00552. The fourth-order valence-electron chi connectivity index (χ4n) is 4.14. The van der Waals surface area contributed by atoms with Crippen LogP contribution < -0.4 is 4.74 Å². The lowest BCUT2D eigenvalue weighted by atomic mass is 9.82. The molecule has 2 atom stereocenters. The molecule has 1 aromatic rings. The summed E-state index contributed by atoms with van der Waals surface area (Å²) in [6.45, 7) is 2.94. The number of alkyl halides is 3. The van der Waals surface area contributed by atoms with E-state index in [-0.39, 0.29) is 29.6 Å². The van der Waals surface area contributed by atoms with Gasteiger partial charge in [0, 0.05) is 38.1 Å². The number of ether oxygens (including phenoxy) is 1. The van der Waals surface area contributed by atoms with Crippen molar-refractivity contribution in [3.63, 3.8) is 0 Å². The molecule has 2 heterocycles. The third kappa shape index (κ3) is 4.70. The summed E-state index contributed by atoms with van der Waals surface area (Å²) in [7, 11) is 0. The van der Waals surface area contributed by atoms with Gasteiger partial charge in [-0.2, -0.15) is 11.8 Å². The second-order valence-electron chi connectivity index (χ2n) is 7.29. The highest BCUT2D eigenvalue weighted by atomic mass is 32.2. The van der Waals surface area contributed by atoms with Gasteiger partial charge in [-0.1, -0.05) is 12.1 Å². The van der Waals surface area contributed by atoms with Gasteiger partial charge in [-0.05, 0) is 29.9 Å². The first-order valence-corrected chi connectivity index (χ1v) is 10.1. The number of thioether (sulfide) groups is 1. The summed E-state index contributed by atoms with van der Waals surface area (Å²) < 4.78 is 41.2. The number of aliphatic hydroxyl groups is 1. The van der Waals surface area contributed by atoms with Crippen LogP contribution in [0.25, 0.3) is 0 Å². The Kier molecular flexibility index (Phi) is 5.93. The molecule has 0 radical (unpaired) electrons. The van der Waals surface area contributed by atoms with Crippen molar-refractivity contribution in [3.05, 3.63) is 29.8 Å². The van der Waals surface area contributed by atoms with Crippen LogP contribution in [0.1, 0.15) is 5.56 Å². The number of benzene rings is 1. The molecule has 5 nitrogen and oxygen atoms in total. The molecule has 9 heteroatoms. The largest absolute Gasteiger partial charge is 0.573 e. The standard InChI is InChI=1S/C18H23F3N2O3S/c1-27-9-16(25)23-8-14-7-22(10-17(14,11-23)12-24)6-13-3-2-4-15(5-13)26-18(19,20)21/h2-5,14,24H,6-12H2,1H3. The first-order valence-electron chi connectivity index (χ1n) is 8.69. The highest BCUT2D eigenvalue weighted by Crippen LogP contribution is 2.42. The van der Waals surface area contributed by atoms with Crippen LogP contribution in [0.3, 0.4) is 0 Å². The lowest BCUT2D eigenvalue weighted by Crippen LogP contribution is -2.39. The van der Waals surface area contributed by atoms with E-state index in [4.69, 9.17) is 0 Å². The van der Waals surface area contributed by atoms with Crippen molar-refractivity contribution < 1.29 is 27.8 Å². The molecule has 0 aliphatic carbocycles. The number of amides is 1. The predicted molar refractivity (Wildman–Crippen MR) is 96.4 cm³/mol. The van der Waals surface area contributed by atoms with E-state index >= 15 is 0 Å². The first kappa shape index (κ1) is 20.3. The number of nitrogens with zero attached hydrogens (tertiary/aromatic N) is 2. The molecule has 2 fully saturated rings. The van der Waals surface area contributed by atoms with Crippen LogP contribution in [-0.2, 0) is 11.3 Å². The zero-order valence-corrected chi connectivity index (χ0v) is 15.9. The normalized spacial score (nSPS) is 25.7. The average molecular weight is 404 g/mol. The van der Waals surface area contributed by atoms with Crippen LogP contribution >= 0.6 is 11.8 Å². The third-order valence-corrected chi connectivity index (χ3v) is 5.84. The Balaban J connectivity index is 1.64. The Morgan fingerprint density at radius 1 is 1.37 bits per heavy atom. The number of likely N-dealkylation sites (tertiary alicyclic amines) is 2. The number of hydrogen-bond acceptors (Lipinski definition) is 5. The van der Waals surface area contributed by atoms with Gasteiger partial charge in [-0.15, -0.1) is 13.2 Å². The van der Waals surface area contributed by atoms with E-state index in [1.54, 1.807) is 6.07 Å². The lowest BCUT2D eigenvalue weighted by molar-refractivity contribution is -0.274. The molecule has 2 aliphatic rings. The van der Waals surface area contributed by atoms with E-state index in [9.17, 15) is 23.1 Å². The second-order valence-corrected chi connectivity index (χ2v) is 8.16. The molecule has 1 N–H and O–H groups in total. The number of carbonyl (C=O) groups is 1. The number of aliphatic hydroxyl groups excluding tert-OH is 1. The Hall–Kier alpha value is -1.45. The highest BCUT2D eigenvalue weighted by Gasteiger charge is 2.52. The Bertz CT molecular complexity index is 688. The molecule has 1 aromatic carbocycles. The van der Waals surface area contributed by atoms with Crippen molar-refractivity contribution >= 4 is 17.7 Å². The van der Waals surface area contributed by atoms with Crippen molar-refractivity contribution in [1.82, 2.24) is 9.80 Å². The summed E-state index contributed by atoms with van der Waals surface area (Å²) in [5.74, 6) is 0.463. The Labute approximate surface area is 160 Å². The molecule has 2 saturated heterocycles. The molecule has 3 rings (SSSR count). The molecule has 0 aromatic heterocycles. The maximum Gasteiger partial charge on any atom is 0.573 e. The van der Waals surface area contributed by atoms with Crippen LogP contribution in [0.5, 0.6) is 5.75 Å². The summed E-state index contributed by atoms with van der Waals surface area (Å²) in [6.07, 6.45) is -2.83. The number of fused-ring (bicyclic) bond motifs is 1. The van der Waals surface area contributed by atoms with Gasteiger partial charge in [0.1, 0.15) is 5.75 Å². The maximum atomic E-state index is 12.4. The number of halogens is 3. The lowest BCUT2D eigenvalue weighted by Gasteiger charge is -2.27. The van der Waals surface area contributed by atoms with Crippen molar-refractivity contribution in [3.8, 4) is 5.75 Å². The SMILES string of the molecule is CSCC(=O)N1CC2CN(Cc3cccc(OC(F)(F)F)c3)CC2(CO)C1. The van der Waals surface area contributed by atoms with Crippen LogP contribution in [0, 0.1) is 11.3 Å². The van der Waals surface area contributed by atoms with Gasteiger partial charge < -0.3 is 14.7 Å². The second kappa shape index (κ2) is 7.89. The van der Waals surface area contributed by atoms with Crippen LogP contribution in [-0.4, -0.2) is 72.0 Å². The molecule has 150 valence electrons. The van der Waals surface area contributed by atoms with Crippen molar-refractivity contribution in [2.24, 2.45) is 11.3 Å².